The first-order chi connectivity index (χ1) is 13.4. The van der Waals surface area contributed by atoms with Crippen LogP contribution in [-0.4, -0.2) is 36.4 Å². The molecule has 0 saturated carbocycles. The predicted octanol–water partition coefficient (Wildman–Crippen LogP) is 3.70. The number of piperidine rings is 1. The molecule has 1 amide bonds. The van der Waals surface area contributed by atoms with Crippen LogP contribution in [0, 0.1) is 17.6 Å². The molecule has 3 rings (SSSR count). The van der Waals surface area contributed by atoms with Gasteiger partial charge in [-0.15, -0.1) is 0 Å². The summed E-state index contributed by atoms with van der Waals surface area (Å²) in [4.78, 5) is 25.9. The van der Waals surface area contributed by atoms with Crippen LogP contribution >= 0.6 is 0 Å². The number of nitrogens with zero attached hydrogens (tertiary/aromatic N) is 1. The Balaban J connectivity index is 1.59. The molecule has 1 fully saturated rings. The van der Waals surface area contributed by atoms with E-state index in [0.717, 1.165) is 0 Å². The summed E-state index contributed by atoms with van der Waals surface area (Å²) in [5.41, 5.74) is 6.35. The lowest BCUT2D eigenvalue weighted by molar-refractivity contribution is 0.0598. The van der Waals surface area contributed by atoms with Crippen LogP contribution in [0.15, 0.2) is 48.5 Å². The molecule has 1 atom stereocenters. The lowest BCUT2D eigenvalue weighted by Gasteiger charge is -2.33. The van der Waals surface area contributed by atoms with E-state index in [4.69, 9.17) is 10.5 Å². The summed E-state index contributed by atoms with van der Waals surface area (Å²) in [5, 5.41) is 0. The zero-order chi connectivity index (χ0) is 20.1. The maximum atomic E-state index is 13.2. The van der Waals surface area contributed by atoms with Crippen molar-refractivity contribution >= 4 is 11.9 Å². The predicted molar refractivity (Wildman–Crippen MR) is 99.7 cm³/mol. The second-order valence-electron chi connectivity index (χ2n) is 6.92. The number of hydrogen-bond acceptors (Lipinski definition) is 4. The SMILES string of the molecule is NC(=O)OC(CN1CCC(C(=O)c2ccc(F)cc2)CC1)c1ccc(F)cc1. The van der Waals surface area contributed by atoms with E-state index in [1.807, 2.05) is 0 Å². The van der Waals surface area contributed by atoms with E-state index in [2.05, 4.69) is 4.90 Å². The smallest absolute Gasteiger partial charge is 0.405 e. The van der Waals surface area contributed by atoms with E-state index in [0.29, 0.717) is 43.6 Å². The van der Waals surface area contributed by atoms with Crippen LogP contribution in [0.25, 0.3) is 0 Å². The zero-order valence-corrected chi connectivity index (χ0v) is 15.3. The van der Waals surface area contributed by atoms with Gasteiger partial charge < -0.3 is 10.5 Å². The molecule has 2 aromatic carbocycles. The minimum Gasteiger partial charge on any atom is -0.440 e. The van der Waals surface area contributed by atoms with E-state index < -0.39 is 12.2 Å². The van der Waals surface area contributed by atoms with Crippen LogP contribution in [-0.2, 0) is 4.74 Å². The van der Waals surface area contributed by atoms with Crippen molar-refractivity contribution in [3.63, 3.8) is 0 Å². The fraction of sp³-hybridized carbons (Fsp3) is 0.333. The highest BCUT2D eigenvalue weighted by molar-refractivity contribution is 5.97. The van der Waals surface area contributed by atoms with Crippen LogP contribution in [0.1, 0.15) is 34.9 Å². The highest BCUT2D eigenvalue weighted by Crippen LogP contribution is 2.25. The van der Waals surface area contributed by atoms with Crippen molar-refractivity contribution in [3.05, 3.63) is 71.3 Å². The number of ketones is 1. The maximum Gasteiger partial charge on any atom is 0.405 e. The van der Waals surface area contributed by atoms with Crippen molar-refractivity contribution in [1.82, 2.24) is 4.90 Å². The number of primary amides is 1. The molecule has 0 bridgehead atoms. The Morgan fingerprint density at radius 3 is 2.07 bits per heavy atom. The monoisotopic (exact) mass is 388 g/mol. The van der Waals surface area contributed by atoms with E-state index >= 15 is 0 Å². The van der Waals surface area contributed by atoms with E-state index in [1.54, 1.807) is 12.1 Å². The van der Waals surface area contributed by atoms with Crippen LogP contribution in [0.2, 0.25) is 0 Å². The van der Waals surface area contributed by atoms with Crippen LogP contribution in [0.4, 0.5) is 13.6 Å². The number of rotatable bonds is 6. The van der Waals surface area contributed by atoms with Crippen molar-refractivity contribution in [2.75, 3.05) is 19.6 Å². The van der Waals surface area contributed by atoms with Gasteiger partial charge in [-0.1, -0.05) is 12.1 Å². The number of carbonyl (C=O) groups is 2. The fourth-order valence-electron chi connectivity index (χ4n) is 3.49. The number of likely N-dealkylation sites (tertiary alicyclic amines) is 1. The lowest BCUT2D eigenvalue weighted by Crippen LogP contribution is -2.39. The second-order valence-corrected chi connectivity index (χ2v) is 6.92. The first kappa shape index (κ1) is 19.9. The van der Waals surface area contributed by atoms with Gasteiger partial charge in [0, 0.05) is 18.0 Å². The topological polar surface area (TPSA) is 72.6 Å². The molecule has 0 aliphatic carbocycles. The van der Waals surface area contributed by atoms with Crippen LogP contribution < -0.4 is 5.73 Å². The van der Waals surface area contributed by atoms with Gasteiger partial charge in [0.15, 0.2) is 5.78 Å². The number of Topliss-reactive ketones (excluding diaryl/α,β-unsaturated/α-hetero) is 1. The molecule has 1 unspecified atom stereocenters. The van der Waals surface area contributed by atoms with Gasteiger partial charge in [-0.3, -0.25) is 9.69 Å². The van der Waals surface area contributed by atoms with Gasteiger partial charge in [0.2, 0.25) is 0 Å². The Hall–Kier alpha value is -2.80. The van der Waals surface area contributed by atoms with Crippen LogP contribution in [0.3, 0.4) is 0 Å². The van der Waals surface area contributed by atoms with E-state index in [1.165, 1.54) is 36.4 Å². The summed E-state index contributed by atoms with van der Waals surface area (Å²) < 4.78 is 31.4. The van der Waals surface area contributed by atoms with Gasteiger partial charge in [-0.25, -0.2) is 13.6 Å². The number of benzene rings is 2. The molecule has 1 aliphatic rings. The summed E-state index contributed by atoms with van der Waals surface area (Å²) >= 11 is 0. The maximum absolute atomic E-state index is 13.2. The molecular formula is C21H22F2N2O3. The van der Waals surface area contributed by atoms with Gasteiger partial charge in [-0.2, -0.15) is 0 Å². The van der Waals surface area contributed by atoms with Gasteiger partial charge in [0.05, 0.1) is 0 Å². The van der Waals surface area contributed by atoms with Crippen molar-refractivity contribution in [3.8, 4) is 0 Å². The molecular weight excluding hydrogens is 366 g/mol. The van der Waals surface area contributed by atoms with Gasteiger partial charge in [-0.05, 0) is 67.9 Å². The number of hydrogen-bond donors (Lipinski definition) is 1. The minimum absolute atomic E-state index is 0.0168. The number of carbonyl (C=O) groups excluding carboxylic acids is 2. The quantitative estimate of drug-likeness (QED) is 0.766. The molecule has 1 saturated heterocycles. The third-order valence-electron chi connectivity index (χ3n) is 5.01. The number of ether oxygens (including phenoxy) is 1. The molecule has 0 aromatic heterocycles. The first-order valence-corrected chi connectivity index (χ1v) is 9.16. The van der Waals surface area contributed by atoms with Crippen molar-refractivity contribution in [2.45, 2.75) is 18.9 Å². The average molecular weight is 388 g/mol. The molecule has 1 heterocycles. The Labute approximate surface area is 162 Å². The molecule has 2 aromatic rings. The van der Waals surface area contributed by atoms with Crippen molar-refractivity contribution in [1.29, 1.82) is 0 Å². The van der Waals surface area contributed by atoms with Gasteiger partial charge >= 0.3 is 6.09 Å². The van der Waals surface area contributed by atoms with Gasteiger partial charge in [0.1, 0.15) is 17.7 Å². The zero-order valence-electron chi connectivity index (χ0n) is 15.3. The highest BCUT2D eigenvalue weighted by Gasteiger charge is 2.28. The van der Waals surface area contributed by atoms with Gasteiger partial charge in [0.25, 0.3) is 0 Å². The lowest BCUT2D eigenvalue weighted by atomic mass is 9.88. The molecule has 28 heavy (non-hydrogen) atoms. The molecule has 5 nitrogen and oxygen atoms in total. The van der Waals surface area contributed by atoms with Crippen LogP contribution in [0.5, 0.6) is 0 Å². The van der Waals surface area contributed by atoms with Crippen molar-refractivity contribution in [2.24, 2.45) is 11.7 Å². The highest BCUT2D eigenvalue weighted by atomic mass is 19.1. The Kier molecular flexibility index (Phi) is 6.36. The van der Waals surface area contributed by atoms with E-state index in [-0.39, 0.29) is 23.3 Å². The normalized spacial score (nSPS) is 16.5. The molecule has 0 spiro atoms. The Morgan fingerprint density at radius 1 is 1.00 bits per heavy atom. The largest absolute Gasteiger partial charge is 0.440 e. The van der Waals surface area contributed by atoms with E-state index in [9.17, 15) is 18.4 Å². The summed E-state index contributed by atoms with van der Waals surface area (Å²) in [6, 6.07) is 11.3. The molecule has 2 N–H and O–H groups in total. The number of amides is 1. The third kappa shape index (κ3) is 5.13. The first-order valence-electron chi connectivity index (χ1n) is 9.16. The number of nitrogens with two attached hydrogens (primary N) is 1. The fourth-order valence-corrected chi connectivity index (χ4v) is 3.49. The summed E-state index contributed by atoms with van der Waals surface area (Å²) in [5.74, 6) is -0.847. The molecule has 148 valence electrons. The van der Waals surface area contributed by atoms with Crippen molar-refractivity contribution < 1.29 is 23.1 Å². The summed E-state index contributed by atoms with van der Waals surface area (Å²) in [6.07, 6.45) is -0.190. The average Bonchev–Trinajstić information content (AvgIpc) is 2.68. The standard InChI is InChI=1S/C21H22F2N2O3/c22-17-5-1-14(2-6-17)19(28-21(24)27)13-25-11-9-16(10-12-25)20(26)15-3-7-18(23)8-4-15/h1-8,16,19H,9-13H2,(H2,24,27). The number of halogens is 2. The molecule has 1 aliphatic heterocycles. The third-order valence-corrected chi connectivity index (χ3v) is 5.01. The molecule has 0 radical (unpaired) electrons. The summed E-state index contributed by atoms with van der Waals surface area (Å²) in [7, 11) is 0. The Bertz CT molecular complexity index is 817. The molecule has 7 heteroatoms. The minimum atomic E-state index is -0.893. The summed E-state index contributed by atoms with van der Waals surface area (Å²) in [6.45, 7) is 1.71. The second kappa shape index (κ2) is 8.93. The Morgan fingerprint density at radius 2 is 1.54 bits per heavy atom.